The van der Waals surface area contributed by atoms with Crippen LogP contribution in [0.2, 0.25) is 0 Å². The van der Waals surface area contributed by atoms with Crippen molar-refractivity contribution in [1.29, 1.82) is 0 Å². The van der Waals surface area contributed by atoms with Gasteiger partial charge in [-0.05, 0) is 51.0 Å². The number of carbonyl (C=O) groups excluding carboxylic acids is 4. The maximum atomic E-state index is 12.9. The normalized spacial score (nSPS) is 24.5. The fourth-order valence-electron chi connectivity index (χ4n) is 4.06. The van der Waals surface area contributed by atoms with Crippen LogP contribution in [0.4, 0.5) is 9.80 Å². The van der Waals surface area contributed by atoms with Gasteiger partial charge in [0.15, 0.2) is 0 Å². The van der Waals surface area contributed by atoms with Gasteiger partial charge in [-0.25, -0.2) is 4.79 Å². The summed E-state index contributed by atoms with van der Waals surface area (Å²) >= 11 is 1.24. The molecule has 2 aliphatic rings. The van der Waals surface area contributed by atoms with Gasteiger partial charge in [-0.2, -0.15) is 0 Å². The van der Waals surface area contributed by atoms with Gasteiger partial charge in [0.25, 0.3) is 11.8 Å². The zero-order chi connectivity index (χ0) is 20.6. The van der Waals surface area contributed by atoms with E-state index in [0.29, 0.717) is 23.8 Å². The molecule has 5 amide bonds. The number of hydrogen-bond acceptors (Lipinski definition) is 5. The van der Waals surface area contributed by atoms with E-state index in [0.717, 1.165) is 34.6 Å². The number of primary amides is 1. The van der Waals surface area contributed by atoms with Crippen molar-refractivity contribution in [2.45, 2.75) is 58.4 Å². The fraction of sp³-hybridized carbons (Fsp3) is 0.579. The SMILES string of the molecule is CCC1CCC2(CC1)NC(=O)N(CC(=O)Nc1sc(C)c(C)c1C(N)=O)C2=O. The molecule has 2 heterocycles. The molecule has 4 N–H and O–H groups in total. The van der Waals surface area contributed by atoms with Crippen LogP contribution in [0.5, 0.6) is 0 Å². The molecule has 3 rings (SSSR count). The highest BCUT2D eigenvalue weighted by Crippen LogP contribution is 2.37. The molecule has 1 saturated heterocycles. The molecule has 9 heteroatoms. The average molecular weight is 407 g/mol. The van der Waals surface area contributed by atoms with Gasteiger partial charge in [0.05, 0.1) is 5.56 Å². The molecule has 152 valence electrons. The molecule has 0 atom stereocenters. The monoisotopic (exact) mass is 406 g/mol. The second kappa shape index (κ2) is 7.54. The Balaban J connectivity index is 1.70. The van der Waals surface area contributed by atoms with Crippen LogP contribution in [0, 0.1) is 19.8 Å². The van der Waals surface area contributed by atoms with Crippen molar-refractivity contribution in [3.8, 4) is 0 Å². The first-order valence-corrected chi connectivity index (χ1v) is 10.3. The molecule has 0 unspecified atom stereocenters. The number of hydrogen-bond donors (Lipinski definition) is 3. The Bertz CT molecular complexity index is 839. The summed E-state index contributed by atoms with van der Waals surface area (Å²) in [6.07, 6.45) is 4.04. The van der Waals surface area contributed by atoms with Crippen LogP contribution >= 0.6 is 11.3 Å². The molecule has 1 aliphatic carbocycles. The number of nitrogens with zero attached hydrogens (tertiary/aromatic N) is 1. The molecule has 0 bridgehead atoms. The Labute approximate surface area is 167 Å². The number of urea groups is 1. The molecule has 1 aliphatic heterocycles. The van der Waals surface area contributed by atoms with Gasteiger partial charge in [0, 0.05) is 4.88 Å². The van der Waals surface area contributed by atoms with E-state index >= 15 is 0 Å². The van der Waals surface area contributed by atoms with Gasteiger partial charge >= 0.3 is 6.03 Å². The third-order valence-electron chi connectivity index (χ3n) is 5.97. The molecule has 1 aromatic rings. The summed E-state index contributed by atoms with van der Waals surface area (Å²) in [4.78, 5) is 51.3. The third kappa shape index (κ3) is 3.50. The molecule has 8 nitrogen and oxygen atoms in total. The number of imide groups is 1. The van der Waals surface area contributed by atoms with Crippen LogP contribution in [0.15, 0.2) is 0 Å². The number of rotatable bonds is 5. The lowest BCUT2D eigenvalue weighted by atomic mass is 9.75. The molecule has 1 spiro atoms. The first kappa shape index (κ1) is 20.3. The molecule has 0 aromatic carbocycles. The molecule has 28 heavy (non-hydrogen) atoms. The number of amides is 5. The lowest BCUT2D eigenvalue weighted by molar-refractivity contribution is -0.135. The summed E-state index contributed by atoms with van der Waals surface area (Å²) in [5.41, 5.74) is 5.52. The van der Waals surface area contributed by atoms with Crippen LogP contribution < -0.4 is 16.4 Å². The average Bonchev–Trinajstić information content (AvgIpc) is 3.04. The minimum absolute atomic E-state index is 0.266. The van der Waals surface area contributed by atoms with Crippen molar-refractivity contribution in [3.05, 3.63) is 16.0 Å². The summed E-state index contributed by atoms with van der Waals surface area (Å²) in [6.45, 7) is 5.33. The van der Waals surface area contributed by atoms with Crippen LogP contribution in [-0.2, 0) is 9.59 Å². The van der Waals surface area contributed by atoms with Gasteiger partial charge < -0.3 is 16.4 Å². The third-order valence-corrected chi connectivity index (χ3v) is 7.09. The Kier molecular flexibility index (Phi) is 5.47. The summed E-state index contributed by atoms with van der Waals surface area (Å²) in [7, 11) is 0. The van der Waals surface area contributed by atoms with E-state index in [1.807, 2.05) is 6.92 Å². The molecule has 1 aromatic heterocycles. The van der Waals surface area contributed by atoms with E-state index in [-0.39, 0.29) is 11.5 Å². The van der Waals surface area contributed by atoms with Crippen molar-refractivity contribution in [2.75, 3.05) is 11.9 Å². The van der Waals surface area contributed by atoms with Crippen molar-refractivity contribution in [3.63, 3.8) is 0 Å². The fourth-order valence-corrected chi connectivity index (χ4v) is 5.14. The lowest BCUT2D eigenvalue weighted by Gasteiger charge is -2.34. The lowest BCUT2D eigenvalue weighted by Crippen LogP contribution is -2.49. The summed E-state index contributed by atoms with van der Waals surface area (Å²) in [5.74, 6) is -0.925. The topological polar surface area (TPSA) is 122 Å². The highest BCUT2D eigenvalue weighted by atomic mass is 32.1. The number of nitrogens with one attached hydrogen (secondary N) is 2. The van der Waals surface area contributed by atoms with Gasteiger partial charge in [0.2, 0.25) is 5.91 Å². The number of aryl methyl sites for hydroxylation is 1. The molecular weight excluding hydrogens is 380 g/mol. The van der Waals surface area contributed by atoms with Crippen molar-refractivity contribution in [2.24, 2.45) is 11.7 Å². The number of anilines is 1. The van der Waals surface area contributed by atoms with E-state index in [9.17, 15) is 19.2 Å². The zero-order valence-corrected chi connectivity index (χ0v) is 17.2. The quantitative estimate of drug-likeness (QED) is 0.650. The predicted molar refractivity (Wildman–Crippen MR) is 106 cm³/mol. The van der Waals surface area contributed by atoms with E-state index in [1.54, 1.807) is 6.92 Å². The van der Waals surface area contributed by atoms with Crippen molar-refractivity contribution < 1.29 is 19.2 Å². The minimum Gasteiger partial charge on any atom is -0.365 e. The van der Waals surface area contributed by atoms with Gasteiger partial charge in [-0.1, -0.05) is 13.3 Å². The van der Waals surface area contributed by atoms with E-state index in [2.05, 4.69) is 17.6 Å². The molecule has 1 saturated carbocycles. The Morgan fingerprint density at radius 2 is 1.93 bits per heavy atom. The Hall–Kier alpha value is -2.42. The second-order valence-electron chi connectivity index (χ2n) is 7.65. The Morgan fingerprint density at radius 1 is 1.29 bits per heavy atom. The molecule has 0 radical (unpaired) electrons. The van der Waals surface area contributed by atoms with Crippen LogP contribution in [0.1, 0.15) is 59.8 Å². The first-order chi connectivity index (χ1) is 13.2. The van der Waals surface area contributed by atoms with E-state index < -0.39 is 29.9 Å². The highest BCUT2D eigenvalue weighted by molar-refractivity contribution is 7.16. The van der Waals surface area contributed by atoms with Gasteiger partial charge in [0.1, 0.15) is 17.1 Å². The largest absolute Gasteiger partial charge is 0.365 e. The number of thiophene rings is 1. The molecular formula is C19H26N4O4S. The van der Waals surface area contributed by atoms with Crippen molar-refractivity contribution in [1.82, 2.24) is 10.2 Å². The van der Waals surface area contributed by atoms with Crippen LogP contribution in [-0.4, -0.2) is 40.7 Å². The van der Waals surface area contributed by atoms with Gasteiger partial charge in [-0.3, -0.25) is 19.3 Å². The van der Waals surface area contributed by atoms with Crippen LogP contribution in [0.3, 0.4) is 0 Å². The minimum atomic E-state index is -0.877. The van der Waals surface area contributed by atoms with Crippen molar-refractivity contribution >= 4 is 40.1 Å². The standard InChI is InChI=1S/C19H26N4O4S/c1-4-12-5-7-19(8-6-12)17(26)23(18(27)22-19)9-13(24)21-16-14(15(20)25)10(2)11(3)28-16/h12H,4-9H2,1-3H3,(H2,20,25)(H,21,24)(H,22,27). The maximum absolute atomic E-state index is 12.9. The van der Waals surface area contributed by atoms with Crippen LogP contribution in [0.25, 0.3) is 0 Å². The molecule has 2 fully saturated rings. The first-order valence-electron chi connectivity index (χ1n) is 9.52. The van der Waals surface area contributed by atoms with Gasteiger partial charge in [-0.15, -0.1) is 11.3 Å². The second-order valence-corrected chi connectivity index (χ2v) is 8.88. The summed E-state index contributed by atoms with van der Waals surface area (Å²) in [5, 5.41) is 5.79. The smallest absolute Gasteiger partial charge is 0.325 e. The van der Waals surface area contributed by atoms with E-state index in [1.165, 1.54) is 11.3 Å². The number of carbonyl (C=O) groups is 4. The van der Waals surface area contributed by atoms with E-state index in [4.69, 9.17) is 5.73 Å². The summed E-state index contributed by atoms with van der Waals surface area (Å²) < 4.78 is 0. The predicted octanol–water partition coefficient (Wildman–Crippen LogP) is 2.29. The maximum Gasteiger partial charge on any atom is 0.325 e. The Morgan fingerprint density at radius 3 is 2.50 bits per heavy atom. The zero-order valence-electron chi connectivity index (χ0n) is 16.4. The number of nitrogens with two attached hydrogens (primary N) is 1. The summed E-state index contributed by atoms with van der Waals surface area (Å²) in [6, 6.07) is -0.538. The highest BCUT2D eigenvalue weighted by Gasteiger charge is 2.52.